The van der Waals surface area contributed by atoms with Gasteiger partial charge in [0.25, 0.3) is 0 Å². The third-order valence-electron chi connectivity index (χ3n) is 3.15. The molecule has 0 amide bonds. The van der Waals surface area contributed by atoms with E-state index >= 15 is 0 Å². The molecule has 2 N–H and O–H groups in total. The van der Waals surface area contributed by atoms with E-state index in [4.69, 9.17) is 0 Å². The van der Waals surface area contributed by atoms with Crippen LogP contribution in [-0.2, 0) is 0 Å². The topological polar surface area (TPSA) is 40.5 Å². The second-order valence-electron chi connectivity index (χ2n) is 4.71. The Bertz CT molecular complexity index is 148. The lowest BCUT2D eigenvalue weighted by Crippen LogP contribution is -2.39. The molecule has 0 aromatic rings. The van der Waals surface area contributed by atoms with E-state index in [2.05, 4.69) is 6.92 Å². The van der Waals surface area contributed by atoms with Crippen LogP contribution in [0.3, 0.4) is 0 Å². The minimum Gasteiger partial charge on any atom is -0.393 e. The first-order valence-corrected chi connectivity index (χ1v) is 4.81. The van der Waals surface area contributed by atoms with Crippen molar-refractivity contribution in [3.05, 3.63) is 0 Å². The zero-order valence-electron chi connectivity index (χ0n) is 8.25. The van der Waals surface area contributed by atoms with Crippen LogP contribution in [0.2, 0.25) is 0 Å². The van der Waals surface area contributed by atoms with Crippen LogP contribution in [0.25, 0.3) is 0 Å². The van der Waals surface area contributed by atoms with Gasteiger partial charge in [-0.2, -0.15) is 0 Å². The van der Waals surface area contributed by atoms with Gasteiger partial charge in [-0.1, -0.05) is 6.92 Å². The van der Waals surface area contributed by atoms with Gasteiger partial charge in [-0.05, 0) is 44.9 Å². The van der Waals surface area contributed by atoms with Crippen molar-refractivity contribution in [2.75, 3.05) is 0 Å². The molecule has 72 valence electrons. The van der Waals surface area contributed by atoms with Crippen molar-refractivity contribution in [3.63, 3.8) is 0 Å². The summed E-state index contributed by atoms with van der Waals surface area (Å²) < 4.78 is 0. The molecule has 0 heterocycles. The first-order valence-electron chi connectivity index (χ1n) is 4.81. The molecule has 1 aliphatic rings. The van der Waals surface area contributed by atoms with Crippen LogP contribution >= 0.6 is 0 Å². The summed E-state index contributed by atoms with van der Waals surface area (Å²) in [7, 11) is 0. The molecule has 0 saturated heterocycles. The molecule has 3 atom stereocenters. The number of hydrogen-bond donors (Lipinski definition) is 2. The molecule has 1 fully saturated rings. The molecule has 0 bridgehead atoms. The van der Waals surface area contributed by atoms with Crippen molar-refractivity contribution >= 4 is 0 Å². The highest BCUT2D eigenvalue weighted by Crippen LogP contribution is 2.35. The van der Waals surface area contributed by atoms with Gasteiger partial charge in [0.15, 0.2) is 0 Å². The lowest BCUT2D eigenvalue weighted by molar-refractivity contribution is -0.0443. The Hall–Kier alpha value is -0.0800. The average molecular weight is 172 g/mol. The van der Waals surface area contributed by atoms with Gasteiger partial charge in [0, 0.05) is 0 Å². The van der Waals surface area contributed by atoms with E-state index in [1.165, 1.54) is 0 Å². The summed E-state index contributed by atoms with van der Waals surface area (Å²) in [6.45, 7) is 5.74. The minimum atomic E-state index is -0.624. The van der Waals surface area contributed by atoms with Gasteiger partial charge in [-0.15, -0.1) is 0 Å². The number of rotatable bonds is 1. The maximum atomic E-state index is 9.74. The molecule has 2 heteroatoms. The Kier molecular flexibility index (Phi) is 2.79. The number of aliphatic hydroxyl groups is 2. The summed E-state index contributed by atoms with van der Waals surface area (Å²) in [5.41, 5.74) is -0.624. The fraction of sp³-hybridized carbons (Fsp3) is 1.00. The maximum Gasteiger partial charge on any atom is 0.0620 e. The minimum absolute atomic E-state index is 0.213. The first-order chi connectivity index (χ1) is 5.41. The van der Waals surface area contributed by atoms with E-state index in [9.17, 15) is 10.2 Å². The Morgan fingerprint density at radius 2 is 1.83 bits per heavy atom. The predicted octanol–water partition coefficient (Wildman–Crippen LogP) is 1.55. The van der Waals surface area contributed by atoms with Crippen molar-refractivity contribution in [2.24, 2.45) is 11.8 Å². The molecule has 0 unspecified atom stereocenters. The average Bonchev–Trinajstić information content (AvgIpc) is 1.92. The van der Waals surface area contributed by atoms with Crippen LogP contribution < -0.4 is 0 Å². The first kappa shape index (κ1) is 10.0. The van der Waals surface area contributed by atoms with Crippen LogP contribution in [-0.4, -0.2) is 21.9 Å². The van der Waals surface area contributed by atoms with Crippen LogP contribution in [0.15, 0.2) is 0 Å². The molecular formula is C10H20O2. The monoisotopic (exact) mass is 172 g/mol. The normalized spacial score (nSPS) is 38.2. The SMILES string of the molecule is C[C@@H]1CC[C@H](C(C)(C)O)C[C@@H]1O. The smallest absolute Gasteiger partial charge is 0.0620 e. The molecule has 1 rings (SSSR count). The van der Waals surface area contributed by atoms with Gasteiger partial charge in [-0.25, -0.2) is 0 Å². The maximum absolute atomic E-state index is 9.74. The van der Waals surface area contributed by atoms with Gasteiger partial charge in [-0.3, -0.25) is 0 Å². The Labute approximate surface area is 74.6 Å². The van der Waals surface area contributed by atoms with Gasteiger partial charge < -0.3 is 10.2 Å². The lowest BCUT2D eigenvalue weighted by Gasteiger charge is -2.37. The lowest BCUT2D eigenvalue weighted by atomic mass is 9.74. The summed E-state index contributed by atoms with van der Waals surface area (Å²) in [5, 5.41) is 19.3. The molecule has 0 aliphatic heterocycles. The van der Waals surface area contributed by atoms with Crippen LogP contribution in [0.4, 0.5) is 0 Å². The Balaban J connectivity index is 2.51. The van der Waals surface area contributed by atoms with Crippen molar-refractivity contribution in [1.29, 1.82) is 0 Å². The van der Waals surface area contributed by atoms with Gasteiger partial charge in [0.1, 0.15) is 0 Å². The van der Waals surface area contributed by atoms with E-state index in [0.29, 0.717) is 5.92 Å². The summed E-state index contributed by atoms with van der Waals surface area (Å²) in [4.78, 5) is 0. The van der Waals surface area contributed by atoms with E-state index in [0.717, 1.165) is 19.3 Å². The summed E-state index contributed by atoms with van der Waals surface area (Å²) in [5.74, 6) is 0.673. The van der Waals surface area contributed by atoms with Crippen molar-refractivity contribution in [1.82, 2.24) is 0 Å². The fourth-order valence-corrected chi connectivity index (χ4v) is 1.94. The van der Waals surface area contributed by atoms with Crippen molar-refractivity contribution in [3.8, 4) is 0 Å². The standard InChI is InChI=1S/C10H20O2/c1-7-4-5-8(6-9(7)11)10(2,3)12/h7-9,11-12H,4-6H2,1-3H3/t7-,8+,9+/m1/s1. The van der Waals surface area contributed by atoms with Gasteiger partial charge in [0.2, 0.25) is 0 Å². The van der Waals surface area contributed by atoms with Crippen LogP contribution in [0.1, 0.15) is 40.0 Å². The molecule has 12 heavy (non-hydrogen) atoms. The van der Waals surface area contributed by atoms with Crippen LogP contribution in [0, 0.1) is 11.8 Å². The summed E-state index contributed by atoms with van der Waals surface area (Å²) in [6.07, 6.45) is 2.62. The fourth-order valence-electron chi connectivity index (χ4n) is 1.94. The molecule has 1 aliphatic carbocycles. The van der Waals surface area contributed by atoms with E-state index in [1.54, 1.807) is 0 Å². The molecule has 1 saturated carbocycles. The molecule has 0 aromatic carbocycles. The quantitative estimate of drug-likeness (QED) is 0.630. The second-order valence-corrected chi connectivity index (χ2v) is 4.71. The predicted molar refractivity (Wildman–Crippen MR) is 48.8 cm³/mol. The zero-order valence-corrected chi connectivity index (χ0v) is 8.25. The molecule has 0 aromatic heterocycles. The third kappa shape index (κ3) is 2.20. The Morgan fingerprint density at radius 1 is 1.25 bits per heavy atom. The Morgan fingerprint density at radius 3 is 2.25 bits per heavy atom. The molecule has 0 radical (unpaired) electrons. The van der Waals surface area contributed by atoms with Gasteiger partial charge >= 0.3 is 0 Å². The largest absolute Gasteiger partial charge is 0.393 e. The highest BCUT2D eigenvalue weighted by Gasteiger charge is 2.34. The van der Waals surface area contributed by atoms with E-state index < -0.39 is 5.60 Å². The second kappa shape index (κ2) is 3.35. The highest BCUT2D eigenvalue weighted by atomic mass is 16.3. The van der Waals surface area contributed by atoms with Crippen LogP contribution in [0.5, 0.6) is 0 Å². The van der Waals surface area contributed by atoms with E-state index in [1.807, 2.05) is 13.8 Å². The summed E-state index contributed by atoms with van der Waals surface area (Å²) in [6, 6.07) is 0. The van der Waals surface area contributed by atoms with Crippen molar-refractivity contribution < 1.29 is 10.2 Å². The molecule has 2 nitrogen and oxygen atoms in total. The zero-order chi connectivity index (χ0) is 9.35. The number of aliphatic hydroxyl groups excluding tert-OH is 1. The van der Waals surface area contributed by atoms with Crippen molar-refractivity contribution in [2.45, 2.75) is 51.7 Å². The highest BCUT2D eigenvalue weighted by molar-refractivity contribution is 4.85. The number of hydrogen-bond acceptors (Lipinski definition) is 2. The molecular weight excluding hydrogens is 152 g/mol. The van der Waals surface area contributed by atoms with E-state index in [-0.39, 0.29) is 12.0 Å². The molecule has 0 spiro atoms. The third-order valence-corrected chi connectivity index (χ3v) is 3.15. The summed E-state index contributed by atoms with van der Waals surface area (Å²) >= 11 is 0. The van der Waals surface area contributed by atoms with Gasteiger partial charge in [0.05, 0.1) is 11.7 Å².